The number of benzene rings is 1. The molecule has 0 spiro atoms. The fourth-order valence-electron chi connectivity index (χ4n) is 3.34. The van der Waals surface area contributed by atoms with Gasteiger partial charge >= 0.3 is 0 Å². The van der Waals surface area contributed by atoms with E-state index in [4.69, 9.17) is 21.1 Å². The average Bonchev–Trinajstić information content (AvgIpc) is 2.89. The Hall–Kier alpha value is -1.17. The number of hydrogen-bond acceptors (Lipinski definition) is 3. The fraction of sp³-hybridized carbons (Fsp3) is 0.533. The maximum absolute atomic E-state index is 13.7. The van der Waals surface area contributed by atoms with Crippen LogP contribution in [-0.4, -0.2) is 38.4 Å². The van der Waals surface area contributed by atoms with Crippen LogP contribution in [0.2, 0.25) is 5.02 Å². The molecule has 21 heavy (non-hydrogen) atoms. The van der Waals surface area contributed by atoms with Gasteiger partial charge in [-0.15, -0.1) is 0 Å². The zero-order chi connectivity index (χ0) is 15.0. The van der Waals surface area contributed by atoms with Gasteiger partial charge in [-0.1, -0.05) is 11.6 Å². The summed E-state index contributed by atoms with van der Waals surface area (Å²) < 4.78 is 24.6. The van der Waals surface area contributed by atoms with E-state index in [1.54, 1.807) is 7.11 Å². The maximum Gasteiger partial charge on any atom is 0.254 e. The minimum absolute atomic E-state index is 0.0268. The minimum Gasteiger partial charge on any atom is -0.384 e. The zero-order valence-corrected chi connectivity index (χ0v) is 12.4. The van der Waals surface area contributed by atoms with E-state index in [1.807, 2.05) is 0 Å². The molecular weight excluding hydrogens is 297 g/mol. The van der Waals surface area contributed by atoms with Gasteiger partial charge in [0.1, 0.15) is 5.82 Å². The molecule has 1 amide bonds. The van der Waals surface area contributed by atoms with Gasteiger partial charge in [0.05, 0.1) is 18.3 Å². The second-order valence-corrected chi connectivity index (χ2v) is 5.97. The molecule has 4 nitrogen and oxygen atoms in total. The van der Waals surface area contributed by atoms with Crippen LogP contribution >= 0.6 is 11.6 Å². The fourth-order valence-corrected chi connectivity index (χ4v) is 3.51. The number of ether oxygens (including phenoxy) is 2. The Morgan fingerprint density at radius 3 is 3.14 bits per heavy atom. The van der Waals surface area contributed by atoms with Gasteiger partial charge < -0.3 is 14.8 Å². The van der Waals surface area contributed by atoms with Crippen LogP contribution in [0.5, 0.6) is 0 Å². The Morgan fingerprint density at radius 2 is 2.38 bits per heavy atom. The Kier molecular flexibility index (Phi) is 4.15. The molecule has 114 valence electrons. The third-order valence-electron chi connectivity index (χ3n) is 4.36. The van der Waals surface area contributed by atoms with Crippen molar-refractivity contribution in [2.45, 2.75) is 18.6 Å². The largest absolute Gasteiger partial charge is 0.384 e. The van der Waals surface area contributed by atoms with Crippen molar-refractivity contribution in [2.24, 2.45) is 11.8 Å². The number of nitrogens with one attached hydrogen (secondary N) is 1. The highest BCUT2D eigenvalue weighted by atomic mass is 35.5. The molecule has 4 atom stereocenters. The number of carbonyl (C=O) groups excluding carboxylic acids is 1. The SMILES string of the molecule is COC[C@@H]1[C@H](NC(=O)c2cc(Cl)ccc2F)[C@H]2CCO[C@H]21. The smallest absolute Gasteiger partial charge is 0.254 e. The number of methoxy groups -OCH3 is 1. The van der Waals surface area contributed by atoms with E-state index in [0.29, 0.717) is 18.2 Å². The number of amides is 1. The quantitative estimate of drug-likeness (QED) is 0.927. The zero-order valence-electron chi connectivity index (χ0n) is 11.6. The summed E-state index contributed by atoms with van der Waals surface area (Å²) in [5.74, 6) is -0.602. The summed E-state index contributed by atoms with van der Waals surface area (Å²) in [7, 11) is 1.62. The van der Waals surface area contributed by atoms with Crippen LogP contribution in [0, 0.1) is 17.7 Å². The molecule has 3 rings (SSSR count). The number of hydrogen-bond donors (Lipinski definition) is 1. The normalized spacial score (nSPS) is 30.6. The van der Waals surface area contributed by atoms with Crippen LogP contribution in [0.25, 0.3) is 0 Å². The molecule has 1 aliphatic heterocycles. The summed E-state index contributed by atoms with van der Waals surface area (Å²) in [4.78, 5) is 12.3. The number of halogens is 2. The van der Waals surface area contributed by atoms with Gasteiger partial charge in [0, 0.05) is 36.6 Å². The van der Waals surface area contributed by atoms with Crippen LogP contribution in [0.1, 0.15) is 16.8 Å². The minimum atomic E-state index is -0.571. The summed E-state index contributed by atoms with van der Waals surface area (Å²) in [6.45, 7) is 1.22. The van der Waals surface area contributed by atoms with Gasteiger partial charge in [0.2, 0.25) is 0 Å². The van der Waals surface area contributed by atoms with Crippen LogP contribution in [0.15, 0.2) is 18.2 Å². The summed E-state index contributed by atoms with van der Waals surface area (Å²) in [6, 6.07) is 3.93. The van der Waals surface area contributed by atoms with Gasteiger partial charge in [0.25, 0.3) is 5.91 Å². The first kappa shape index (κ1) is 14.8. The lowest BCUT2D eigenvalue weighted by Gasteiger charge is -2.47. The van der Waals surface area contributed by atoms with Gasteiger partial charge in [-0.25, -0.2) is 4.39 Å². The summed E-state index contributed by atoms with van der Waals surface area (Å²) in [5.41, 5.74) is -0.0268. The lowest BCUT2D eigenvalue weighted by Crippen LogP contribution is -2.62. The van der Waals surface area contributed by atoms with Crippen molar-refractivity contribution >= 4 is 17.5 Å². The first-order valence-corrected chi connectivity index (χ1v) is 7.36. The first-order chi connectivity index (χ1) is 10.1. The highest BCUT2D eigenvalue weighted by Gasteiger charge is 2.54. The van der Waals surface area contributed by atoms with Crippen LogP contribution in [0.4, 0.5) is 4.39 Å². The summed E-state index contributed by atoms with van der Waals surface area (Å²) >= 11 is 5.83. The molecular formula is C15H17ClFNO3. The van der Waals surface area contributed by atoms with Crippen molar-refractivity contribution in [3.05, 3.63) is 34.6 Å². The molecule has 1 saturated heterocycles. The van der Waals surface area contributed by atoms with Crippen molar-refractivity contribution in [2.75, 3.05) is 20.3 Å². The molecule has 1 heterocycles. The molecule has 0 aromatic heterocycles. The number of fused-ring (bicyclic) bond motifs is 1. The summed E-state index contributed by atoms with van der Waals surface area (Å²) in [6.07, 6.45) is 1.05. The molecule has 1 N–H and O–H groups in total. The van der Waals surface area contributed by atoms with Gasteiger partial charge in [-0.3, -0.25) is 4.79 Å². The van der Waals surface area contributed by atoms with Crippen LogP contribution in [0.3, 0.4) is 0 Å². The summed E-state index contributed by atoms with van der Waals surface area (Å²) in [5, 5.41) is 3.25. The molecule has 2 fully saturated rings. The lowest BCUT2D eigenvalue weighted by atomic mass is 9.67. The lowest BCUT2D eigenvalue weighted by molar-refractivity contribution is -0.0809. The van der Waals surface area contributed by atoms with E-state index in [2.05, 4.69) is 5.32 Å². The number of rotatable bonds is 4. The second-order valence-electron chi connectivity index (χ2n) is 5.53. The van der Waals surface area contributed by atoms with E-state index in [-0.39, 0.29) is 29.5 Å². The van der Waals surface area contributed by atoms with Crippen molar-refractivity contribution in [1.82, 2.24) is 5.32 Å². The third kappa shape index (κ3) is 2.65. The molecule has 1 aromatic rings. The standard InChI is InChI=1S/C15H17ClFNO3/c1-20-7-11-13(9-4-5-21-14(9)11)18-15(19)10-6-8(16)2-3-12(10)17/h2-3,6,9,11,13-14H,4-5,7H2,1H3,(H,18,19)/t9-,11-,13-,14-/m1/s1. The Balaban J connectivity index is 1.73. The van der Waals surface area contributed by atoms with Gasteiger partial charge in [-0.05, 0) is 24.6 Å². The third-order valence-corrected chi connectivity index (χ3v) is 4.59. The molecule has 1 aliphatic carbocycles. The highest BCUT2D eigenvalue weighted by Crippen LogP contribution is 2.43. The van der Waals surface area contributed by atoms with E-state index < -0.39 is 11.7 Å². The molecule has 1 saturated carbocycles. The molecule has 0 radical (unpaired) electrons. The molecule has 6 heteroatoms. The molecule has 0 unspecified atom stereocenters. The van der Waals surface area contributed by atoms with E-state index in [9.17, 15) is 9.18 Å². The number of carbonyl (C=O) groups is 1. The van der Waals surface area contributed by atoms with Crippen molar-refractivity contribution in [3.63, 3.8) is 0 Å². The molecule has 0 bridgehead atoms. The molecule has 1 aromatic carbocycles. The van der Waals surface area contributed by atoms with E-state index in [0.717, 1.165) is 6.42 Å². The van der Waals surface area contributed by atoms with Crippen LogP contribution < -0.4 is 5.32 Å². The average molecular weight is 314 g/mol. The van der Waals surface area contributed by atoms with Crippen molar-refractivity contribution in [3.8, 4) is 0 Å². The predicted molar refractivity (Wildman–Crippen MR) is 75.9 cm³/mol. The van der Waals surface area contributed by atoms with Gasteiger partial charge in [0.15, 0.2) is 0 Å². The van der Waals surface area contributed by atoms with Crippen LogP contribution in [-0.2, 0) is 9.47 Å². The van der Waals surface area contributed by atoms with Crippen molar-refractivity contribution in [1.29, 1.82) is 0 Å². The molecule has 2 aliphatic rings. The highest BCUT2D eigenvalue weighted by molar-refractivity contribution is 6.31. The van der Waals surface area contributed by atoms with Crippen molar-refractivity contribution < 1.29 is 18.7 Å². The Bertz CT molecular complexity index is 554. The monoisotopic (exact) mass is 313 g/mol. The Morgan fingerprint density at radius 1 is 1.57 bits per heavy atom. The van der Waals surface area contributed by atoms with Gasteiger partial charge in [-0.2, -0.15) is 0 Å². The predicted octanol–water partition coefficient (Wildman–Crippen LogP) is 2.26. The second kappa shape index (κ2) is 5.91. The Labute approximate surface area is 127 Å². The topological polar surface area (TPSA) is 47.6 Å². The first-order valence-electron chi connectivity index (χ1n) is 6.98. The maximum atomic E-state index is 13.7. The van der Waals surface area contributed by atoms with E-state index in [1.165, 1.54) is 18.2 Å². The van der Waals surface area contributed by atoms with E-state index >= 15 is 0 Å².